The predicted octanol–water partition coefficient (Wildman–Crippen LogP) is 5.97. The predicted molar refractivity (Wildman–Crippen MR) is 157 cm³/mol. The summed E-state index contributed by atoms with van der Waals surface area (Å²) in [6, 6.07) is 23.7. The Kier molecular flexibility index (Phi) is 7.29. The van der Waals surface area contributed by atoms with Crippen LogP contribution in [0.15, 0.2) is 79.0 Å². The number of carbonyl (C=O) groups excluding carboxylic acids is 1. The molecule has 0 bridgehead atoms. The van der Waals surface area contributed by atoms with Crippen LogP contribution in [0, 0.1) is 20.8 Å². The molecule has 0 saturated carbocycles. The van der Waals surface area contributed by atoms with Crippen LogP contribution in [0.1, 0.15) is 52.8 Å². The molecule has 1 fully saturated rings. The highest BCUT2D eigenvalue weighted by Gasteiger charge is 2.42. The second kappa shape index (κ2) is 10.8. The van der Waals surface area contributed by atoms with Crippen molar-refractivity contribution in [2.24, 2.45) is 0 Å². The maximum Gasteiger partial charge on any atom is 0.244 e. The van der Waals surface area contributed by atoms with Crippen LogP contribution in [-0.4, -0.2) is 32.0 Å². The van der Waals surface area contributed by atoms with E-state index in [1.54, 1.807) is 6.20 Å². The van der Waals surface area contributed by atoms with Crippen molar-refractivity contribution in [2.45, 2.75) is 46.2 Å². The summed E-state index contributed by atoms with van der Waals surface area (Å²) in [5.74, 6) is -0.118. The van der Waals surface area contributed by atoms with Gasteiger partial charge in [0.05, 0.1) is 23.5 Å². The van der Waals surface area contributed by atoms with Crippen molar-refractivity contribution in [1.29, 1.82) is 0 Å². The van der Waals surface area contributed by atoms with Gasteiger partial charge in [-0.1, -0.05) is 49.4 Å². The Hall–Kier alpha value is -3.97. The number of rotatable bonds is 7. The molecule has 6 nitrogen and oxygen atoms in total. The zero-order valence-electron chi connectivity index (χ0n) is 22.2. The maximum atomic E-state index is 13.2. The Bertz CT molecular complexity index is 1460. The third-order valence-electron chi connectivity index (χ3n) is 7.28. The molecule has 38 heavy (non-hydrogen) atoms. The fourth-order valence-corrected chi connectivity index (χ4v) is 5.85. The molecule has 7 heteroatoms. The Labute approximate surface area is 229 Å². The lowest BCUT2D eigenvalue weighted by Crippen LogP contribution is -2.37. The number of nitrogens with zero attached hydrogens (tertiary/aromatic N) is 3. The smallest absolute Gasteiger partial charge is 0.244 e. The lowest BCUT2D eigenvalue weighted by molar-refractivity contribution is -0.116. The summed E-state index contributed by atoms with van der Waals surface area (Å²) in [4.78, 5) is 19.8. The molecule has 0 radical (unpaired) electrons. The molecule has 4 aromatic rings. The summed E-state index contributed by atoms with van der Waals surface area (Å²) in [6.45, 7) is 8.79. The summed E-state index contributed by atoms with van der Waals surface area (Å²) < 4.78 is 2.35. The first-order chi connectivity index (χ1) is 18.4. The van der Waals surface area contributed by atoms with Gasteiger partial charge in [0, 0.05) is 23.3 Å². The number of amides is 1. The second-order valence-electron chi connectivity index (χ2n) is 9.77. The van der Waals surface area contributed by atoms with E-state index < -0.39 is 0 Å². The van der Waals surface area contributed by atoms with Crippen LogP contribution in [0.2, 0.25) is 0 Å². The summed E-state index contributed by atoms with van der Waals surface area (Å²) in [7, 11) is 0. The molecule has 0 unspecified atom stereocenters. The SMILES string of the molecule is CCc1cccc(C)c1-n1c(C)cc([C@H]2[C@H](c3ccccn3)NC(=S)N2CC(=O)Nc2ccccc2)c1C. The molecule has 1 amide bonds. The molecule has 3 heterocycles. The van der Waals surface area contributed by atoms with E-state index in [0.29, 0.717) is 5.11 Å². The zero-order valence-corrected chi connectivity index (χ0v) is 23.0. The molecule has 2 atom stereocenters. The first kappa shape index (κ1) is 25.7. The van der Waals surface area contributed by atoms with Gasteiger partial charge in [0.1, 0.15) is 6.54 Å². The topological polar surface area (TPSA) is 62.2 Å². The Balaban J connectivity index is 1.58. The Morgan fingerprint density at radius 3 is 2.50 bits per heavy atom. The number of nitrogens with one attached hydrogen (secondary N) is 2. The zero-order chi connectivity index (χ0) is 26.8. The number of hydrogen-bond donors (Lipinski definition) is 2. The highest BCUT2D eigenvalue weighted by molar-refractivity contribution is 7.80. The number of aromatic nitrogens is 2. The van der Waals surface area contributed by atoms with E-state index in [2.05, 4.69) is 72.1 Å². The molecule has 0 spiro atoms. The van der Waals surface area contributed by atoms with Crippen molar-refractivity contribution in [3.63, 3.8) is 0 Å². The quantitative estimate of drug-likeness (QED) is 0.292. The number of anilines is 1. The van der Waals surface area contributed by atoms with Gasteiger partial charge in [-0.05, 0) is 86.4 Å². The van der Waals surface area contributed by atoms with Crippen molar-refractivity contribution in [2.75, 3.05) is 11.9 Å². The van der Waals surface area contributed by atoms with Crippen molar-refractivity contribution < 1.29 is 4.79 Å². The highest BCUT2D eigenvalue weighted by Crippen LogP contribution is 2.41. The van der Waals surface area contributed by atoms with Gasteiger partial charge < -0.3 is 20.1 Å². The molecule has 2 N–H and O–H groups in total. The lowest BCUT2D eigenvalue weighted by Gasteiger charge is -2.28. The number of pyridine rings is 1. The van der Waals surface area contributed by atoms with Crippen LogP contribution in [-0.2, 0) is 11.2 Å². The van der Waals surface area contributed by atoms with Crippen molar-refractivity contribution in [1.82, 2.24) is 19.8 Å². The molecule has 2 aromatic heterocycles. The third-order valence-corrected chi connectivity index (χ3v) is 7.64. The minimum absolute atomic E-state index is 0.118. The van der Waals surface area contributed by atoms with E-state index in [-0.39, 0.29) is 24.5 Å². The van der Waals surface area contributed by atoms with Gasteiger partial charge in [-0.3, -0.25) is 9.78 Å². The third kappa shape index (κ3) is 4.82. The van der Waals surface area contributed by atoms with E-state index in [1.807, 2.05) is 53.4 Å². The summed E-state index contributed by atoms with van der Waals surface area (Å²) >= 11 is 5.81. The average molecular weight is 524 g/mol. The first-order valence-electron chi connectivity index (χ1n) is 13.0. The monoisotopic (exact) mass is 523 g/mol. The van der Waals surface area contributed by atoms with Crippen LogP contribution in [0.3, 0.4) is 0 Å². The number of aryl methyl sites for hydroxylation is 3. The molecular weight excluding hydrogens is 490 g/mol. The molecule has 1 saturated heterocycles. The van der Waals surface area contributed by atoms with E-state index in [4.69, 9.17) is 12.2 Å². The highest BCUT2D eigenvalue weighted by atomic mass is 32.1. The molecule has 2 aromatic carbocycles. The van der Waals surface area contributed by atoms with Crippen molar-refractivity contribution in [3.05, 3.63) is 113 Å². The van der Waals surface area contributed by atoms with Crippen LogP contribution >= 0.6 is 12.2 Å². The van der Waals surface area contributed by atoms with E-state index in [9.17, 15) is 4.79 Å². The first-order valence-corrected chi connectivity index (χ1v) is 13.4. The number of benzene rings is 2. The maximum absolute atomic E-state index is 13.2. The number of carbonyl (C=O) groups is 1. The molecule has 1 aliphatic rings. The normalized spacial score (nSPS) is 16.9. The summed E-state index contributed by atoms with van der Waals surface area (Å²) in [6.07, 6.45) is 2.74. The van der Waals surface area contributed by atoms with Gasteiger partial charge in [0.15, 0.2) is 5.11 Å². The molecule has 1 aliphatic heterocycles. The van der Waals surface area contributed by atoms with Gasteiger partial charge in [-0.2, -0.15) is 0 Å². The van der Waals surface area contributed by atoms with Crippen LogP contribution in [0.5, 0.6) is 0 Å². The molecule has 0 aliphatic carbocycles. The number of hydrogen-bond acceptors (Lipinski definition) is 3. The van der Waals surface area contributed by atoms with Gasteiger partial charge in [0.25, 0.3) is 0 Å². The number of para-hydroxylation sites is 2. The van der Waals surface area contributed by atoms with Gasteiger partial charge in [0.2, 0.25) is 5.91 Å². The average Bonchev–Trinajstić information content (AvgIpc) is 3.39. The lowest BCUT2D eigenvalue weighted by atomic mass is 9.96. The molecule has 5 rings (SSSR count). The minimum atomic E-state index is -0.201. The Morgan fingerprint density at radius 2 is 1.79 bits per heavy atom. The second-order valence-corrected chi connectivity index (χ2v) is 10.2. The Morgan fingerprint density at radius 1 is 1.03 bits per heavy atom. The van der Waals surface area contributed by atoms with Crippen LogP contribution < -0.4 is 10.6 Å². The van der Waals surface area contributed by atoms with Gasteiger partial charge >= 0.3 is 0 Å². The van der Waals surface area contributed by atoms with Gasteiger partial charge in [-0.25, -0.2) is 0 Å². The van der Waals surface area contributed by atoms with Crippen LogP contribution in [0.25, 0.3) is 5.69 Å². The van der Waals surface area contributed by atoms with Gasteiger partial charge in [-0.15, -0.1) is 0 Å². The minimum Gasteiger partial charge on any atom is -0.352 e. The fourth-order valence-electron chi connectivity index (χ4n) is 5.55. The number of thiocarbonyl (C=S) groups is 1. The molecule has 194 valence electrons. The summed E-state index contributed by atoms with van der Waals surface area (Å²) in [5, 5.41) is 7.03. The standard InChI is InChI=1S/C31H33N5OS/c1-5-23-13-11-12-20(2)29(23)36-21(3)18-25(22(36)4)30-28(26-16-9-10-17-32-26)34-31(38)35(30)19-27(37)33-24-14-7-6-8-15-24/h6-18,28,30H,5,19H2,1-4H3,(H,33,37)(H,34,38)/t28-,30-/m0/s1. The van der Waals surface area contributed by atoms with Crippen molar-refractivity contribution >= 4 is 28.9 Å². The summed E-state index contributed by atoms with van der Waals surface area (Å²) in [5.41, 5.74) is 8.83. The van der Waals surface area contributed by atoms with E-state index in [1.165, 1.54) is 16.8 Å². The molecular formula is C31H33N5OS. The van der Waals surface area contributed by atoms with Crippen molar-refractivity contribution in [3.8, 4) is 5.69 Å². The fraction of sp³-hybridized carbons (Fsp3) is 0.258. The van der Waals surface area contributed by atoms with Crippen LogP contribution in [0.4, 0.5) is 5.69 Å². The largest absolute Gasteiger partial charge is 0.352 e. The van der Waals surface area contributed by atoms with E-state index in [0.717, 1.165) is 34.8 Å². The van der Waals surface area contributed by atoms with E-state index >= 15 is 0 Å².